The molecule has 0 saturated heterocycles. The van der Waals surface area contributed by atoms with Gasteiger partial charge in [0.05, 0.1) is 6.04 Å². The lowest BCUT2D eigenvalue weighted by Crippen LogP contribution is -2.62. The number of nitrogens with two attached hydrogens (primary N) is 2. The number of nitrogens with zero attached hydrogens (tertiary/aromatic N) is 1. The van der Waals surface area contributed by atoms with Crippen LogP contribution >= 0.6 is 0 Å². The van der Waals surface area contributed by atoms with Crippen LogP contribution in [0.1, 0.15) is 19.8 Å². The van der Waals surface area contributed by atoms with E-state index in [0.29, 0.717) is 6.42 Å². The first-order chi connectivity index (χ1) is 6.87. The monoisotopic (exact) mass is 212 g/mol. The van der Waals surface area contributed by atoms with Crippen LogP contribution in [0.25, 0.3) is 0 Å². The average molecular weight is 212 g/mol. The van der Waals surface area contributed by atoms with Crippen LogP contribution in [0, 0.1) is 5.41 Å². The molecule has 2 unspecified atom stereocenters. The van der Waals surface area contributed by atoms with Crippen molar-refractivity contribution < 1.29 is 9.90 Å². The second kappa shape index (κ2) is 3.90. The first-order valence-corrected chi connectivity index (χ1v) is 4.68. The molecule has 2 atom stereocenters. The molecule has 0 aromatic heterocycles. The predicted octanol–water partition coefficient (Wildman–Crippen LogP) is -0.340. The Balaban J connectivity index is 2.97. The summed E-state index contributed by atoms with van der Waals surface area (Å²) in [5.74, 6) is -1.28. The molecule has 0 amide bonds. The highest BCUT2D eigenvalue weighted by Crippen LogP contribution is 2.23. The van der Waals surface area contributed by atoms with E-state index in [-0.39, 0.29) is 5.96 Å². The van der Waals surface area contributed by atoms with Gasteiger partial charge in [-0.05, 0) is 19.8 Å². The molecule has 1 aliphatic rings. The Bertz CT molecular complexity index is 311. The molecule has 1 rings (SSSR count). The molecule has 0 radical (unpaired) electrons. The lowest BCUT2D eigenvalue weighted by Gasteiger charge is -2.39. The standard InChI is InChI=1S/C9H16N4O2/c1-9(12,7(14)15)6-4-2-3-5-13(6)8(10)11/h3,5-6H,2,4,12H2,1H3,(H3,10,11)(H,14,15). The summed E-state index contributed by atoms with van der Waals surface area (Å²) in [6.07, 6.45) is 4.78. The largest absolute Gasteiger partial charge is 0.480 e. The Labute approximate surface area is 88.0 Å². The Kier molecular flexibility index (Phi) is 2.99. The van der Waals surface area contributed by atoms with Crippen LogP contribution in [0.3, 0.4) is 0 Å². The van der Waals surface area contributed by atoms with Crippen LogP contribution in [-0.2, 0) is 4.79 Å². The smallest absolute Gasteiger partial charge is 0.325 e. The van der Waals surface area contributed by atoms with Crippen molar-refractivity contribution in [2.24, 2.45) is 11.5 Å². The second-order valence-electron chi connectivity index (χ2n) is 3.86. The van der Waals surface area contributed by atoms with Gasteiger partial charge in [0.2, 0.25) is 0 Å². The molecule has 6 heteroatoms. The van der Waals surface area contributed by atoms with Crippen molar-refractivity contribution in [1.82, 2.24) is 4.90 Å². The van der Waals surface area contributed by atoms with Crippen molar-refractivity contribution in [3.63, 3.8) is 0 Å². The van der Waals surface area contributed by atoms with Gasteiger partial charge in [-0.2, -0.15) is 0 Å². The van der Waals surface area contributed by atoms with Gasteiger partial charge in [0.15, 0.2) is 5.96 Å². The molecule has 0 aromatic carbocycles. The molecule has 0 aromatic rings. The van der Waals surface area contributed by atoms with E-state index >= 15 is 0 Å². The molecule has 0 aliphatic carbocycles. The van der Waals surface area contributed by atoms with Gasteiger partial charge in [-0.3, -0.25) is 10.2 Å². The number of nitrogens with one attached hydrogen (secondary N) is 1. The normalized spacial score (nSPS) is 24.7. The van der Waals surface area contributed by atoms with Crippen LogP contribution in [0.4, 0.5) is 0 Å². The number of carboxylic acid groups (broad SMARTS) is 1. The fourth-order valence-electron chi connectivity index (χ4n) is 1.66. The maximum atomic E-state index is 11.0. The van der Waals surface area contributed by atoms with Crippen molar-refractivity contribution in [3.8, 4) is 0 Å². The highest BCUT2D eigenvalue weighted by molar-refractivity contribution is 5.82. The zero-order valence-electron chi connectivity index (χ0n) is 8.60. The summed E-state index contributed by atoms with van der Waals surface area (Å²) in [7, 11) is 0. The Morgan fingerprint density at radius 2 is 2.33 bits per heavy atom. The number of carboxylic acids is 1. The van der Waals surface area contributed by atoms with Crippen molar-refractivity contribution in [2.75, 3.05) is 0 Å². The highest BCUT2D eigenvalue weighted by Gasteiger charge is 2.41. The fraction of sp³-hybridized carbons (Fsp3) is 0.556. The van der Waals surface area contributed by atoms with E-state index in [9.17, 15) is 4.79 Å². The highest BCUT2D eigenvalue weighted by atomic mass is 16.4. The third-order valence-electron chi connectivity index (χ3n) is 2.64. The summed E-state index contributed by atoms with van der Waals surface area (Å²) in [6, 6.07) is -0.475. The first kappa shape index (κ1) is 11.5. The van der Waals surface area contributed by atoms with Crippen molar-refractivity contribution >= 4 is 11.9 Å². The molecular weight excluding hydrogens is 196 g/mol. The number of rotatable bonds is 2. The summed E-state index contributed by atoms with van der Waals surface area (Å²) in [4.78, 5) is 12.4. The molecular formula is C9H16N4O2. The first-order valence-electron chi connectivity index (χ1n) is 4.68. The van der Waals surface area contributed by atoms with E-state index in [1.807, 2.05) is 6.08 Å². The van der Waals surface area contributed by atoms with Gasteiger partial charge in [0, 0.05) is 6.20 Å². The fourth-order valence-corrected chi connectivity index (χ4v) is 1.66. The van der Waals surface area contributed by atoms with E-state index in [2.05, 4.69) is 0 Å². The minimum atomic E-state index is -1.41. The molecule has 1 heterocycles. The Morgan fingerprint density at radius 1 is 1.73 bits per heavy atom. The van der Waals surface area contributed by atoms with E-state index < -0.39 is 17.6 Å². The van der Waals surface area contributed by atoms with E-state index in [1.54, 1.807) is 6.20 Å². The molecule has 0 fully saturated rings. The number of guanidine groups is 1. The molecule has 1 aliphatic heterocycles. The lowest BCUT2D eigenvalue weighted by molar-refractivity contribution is -0.144. The van der Waals surface area contributed by atoms with Crippen molar-refractivity contribution in [1.29, 1.82) is 5.41 Å². The van der Waals surface area contributed by atoms with Crippen molar-refractivity contribution in [3.05, 3.63) is 12.3 Å². The summed E-state index contributed by atoms with van der Waals surface area (Å²) >= 11 is 0. The number of carbonyl (C=O) groups is 1. The Hall–Kier alpha value is -1.56. The van der Waals surface area contributed by atoms with Crippen LogP contribution in [-0.4, -0.2) is 33.5 Å². The second-order valence-corrected chi connectivity index (χ2v) is 3.86. The molecule has 0 saturated carbocycles. The number of aliphatic carboxylic acids is 1. The molecule has 6 nitrogen and oxygen atoms in total. The third kappa shape index (κ3) is 2.10. The predicted molar refractivity (Wildman–Crippen MR) is 56.1 cm³/mol. The molecule has 6 N–H and O–H groups in total. The van der Waals surface area contributed by atoms with E-state index in [1.165, 1.54) is 11.8 Å². The van der Waals surface area contributed by atoms with Gasteiger partial charge in [0.25, 0.3) is 0 Å². The van der Waals surface area contributed by atoms with Gasteiger partial charge >= 0.3 is 5.97 Å². The quantitative estimate of drug-likeness (QED) is 0.369. The minimum Gasteiger partial charge on any atom is -0.480 e. The zero-order valence-corrected chi connectivity index (χ0v) is 8.60. The molecule has 84 valence electrons. The average Bonchev–Trinajstić information content (AvgIpc) is 2.17. The summed E-state index contributed by atoms with van der Waals surface area (Å²) in [5, 5.41) is 16.4. The third-order valence-corrected chi connectivity index (χ3v) is 2.64. The maximum Gasteiger partial charge on any atom is 0.325 e. The maximum absolute atomic E-state index is 11.0. The molecule has 0 spiro atoms. The summed E-state index contributed by atoms with van der Waals surface area (Å²) in [6.45, 7) is 1.44. The van der Waals surface area contributed by atoms with E-state index in [0.717, 1.165) is 6.42 Å². The van der Waals surface area contributed by atoms with Crippen LogP contribution in [0.15, 0.2) is 12.3 Å². The number of allylic oxidation sites excluding steroid dienone is 1. The molecule has 15 heavy (non-hydrogen) atoms. The minimum absolute atomic E-state index is 0.186. The van der Waals surface area contributed by atoms with Gasteiger partial charge in [0.1, 0.15) is 5.54 Å². The van der Waals surface area contributed by atoms with Crippen LogP contribution in [0.5, 0.6) is 0 Å². The van der Waals surface area contributed by atoms with Gasteiger partial charge in [-0.15, -0.1) is 0 Å². The number of hydrogen-bond acceptors (Lipinski definition) is 3. The summed E-state index contributed by atoms with van der Waals surface area (Å²) < 4.78 is 0. The van der Waals surface area contributed by atoms with E-state index in [4.69, 9.17) is 22.0 Å². The number of hydrogen-bond donors (Lipinski definition) is 4. The lowest BCUT2D eigenvalue weighted by atomic mass is 9.87. The van der Waals surface area contributed by atoms with Crippen molar-refractivity contribution in [2.45, 2.75) is 31.3 Å². The van der Waals surface area contributed by atoms with Gasteiger partial charge in [-0.1, -0.05) is 6.08 Å². The van der Waals surface area contributed by atoms with Crippen LogP contribution in [0.2, 0.25) is 0 Å². The zero-order chi connectivity index (χ0) is 11.6. The van der Waals surface area contributed by atoms with Crippen LogP contribution < -0.4 is 11.5 Å². The molecule has 0 bridgehead atoms. The van der Waals surface area contributed by atoms with Gasteiger partial charge in [-0.25, -0.2) is 0 Å². The van der Waals surface area contributed by atoms with Gasteiger partial charge < -0.3 is 21.5 Å². The SMILES string of the molecule is CC(N)(C(=O)O)C1CCC=CN1C(=N)N. The summed E-state index contributed by atoms with van der Waals surface area (Å²) in [5.41, 5.74) is 9.69. The topological polar surface area (TPSA) is 116 Å². The Morgan fingerprint density at radius 3 is 2.80 bits per heavy atom.